The molecular formula is C25H28N2O2. The molecule has 4 nitrogen and oxygen atoms in total. The van der Waals surface area contributed by atoms with Crippen molar-refractivity contribution >= 4 is 11.6 Å². The lowest BCUT2D eigenvalue weighted by molar-refractivity contribution is 0.0954. The van der Waals surface area contributed by atoms with E-state index in [9.17, 15) is 4.79 Å². The molecule has 0 saturated heterocycles. The number of allylic oxidation sites excluding steroid dienone is 2. The van der Waals surface area contributed by atoms with Gasteiger partial charge in [-0.05, 0) is 59.6 Å². The second kappa shape index (κ2) is 7.86. The molecule has 1 fully saturated rings. The number of carbonyl (C=O) groups is 1. The zero-order valence-corrected chi connectivity index (χ0v) is 17.3. The van der Waals surface area contributed by atoms with Crippen molar-refractivity contribution in [1.82, 2.24) is 5.43 Å². The van der Waals surface area contributed by atoms with Crippen LogP contribution in [0.15, 0.2) is 65.8 Å². The Labute approximate surface area is 172 Å². The highest BCUT2D eigenvalue weighted by molar-refractivity contribution is 5.98. The molecule has 2 aliphatic rings. The molecule has 2 atom stereocenters. The van der Waals surface area contributed by atoms with Crippen molar-refractivity contribution in [3.63, 3.8) is 0 Å². The Kier molecular flexibility index (Phi) is 5.27. The van der Waals surface area contributed by atoms with Gasteiger partial charge in [0.1, 0.15) is 12.4 Å². The van der Waals surface area contributed by atoms with E-state index in [1.165, 1.54) is 5.56 Å². The molecule has 2 aromatic carbocycles. The third-order valence-corrected chi connectivity index (χ3v) is 5.81. The van der Waals surface area contributed by atoms with Gasteiger partial charge in [-0.3, -0.25) is 4.79 Å². The van der Waals surface area contributed by atoms with Crippen molar-refractivity contribution in [2.45, 2.75) is 45.6 Å². The highest BCUT2D eigenvalue weighted by Crippen LogP contribution is 2.40. The van der Waals surface area contributed by atoms with Crippen LogP contribution in [0.25, 0.3) is 0 Å². The fourth-order valence-corrected chi connectivity index (χ4v) is 3.82. The van der Waals surface area contributed by atoms with Gasteiger partial charge in [0.25, 0.3) is 5.91 Å². The van der Waals surface area contributed by atoms with Gasteiger partial charge >= 0.3 is 0 Å². The normalized spacial score (nSPS) is 21.6. The maximum Gasteiger partial charge on any atom is 0.271 e. The fourth-order valence-electron chi connectivity index (χ4n) is 3.82. The number of ether oxygens (including phenoxy) is 1. The molecule has 2 aromatic rings. The minimum absolute atomic E-state index is 0.133. The molecule has 4 rings (SSSR count). The summed E-state index contributed by atoms with van der Waals surface area (Å²) in [4.78, 5) is 12.3. The number of benzene rings is 2. The smallest absolute Gasteiger partial charge is 0.271 e. The van der Waals surface area contributed by atoms with Crippen LogP contribution >= 0.6 is 0 Å². The van der Waals surface area contributed by atoms with E-state index in [0.717, 1.165) is 29.9 Å². The first-order valence-electron chi connectivity index (χ1n) is 10.3. The van der Waals surface area contributed by atoms with Crippen LogP contribution in [0, 0.1) is 11.8 Å². The molecule has 150 valence electrons. The maximum atomic E-state index is 12.3. The van der Waals surface area contributed by atoms with E-state index < -0.39 is 0 Å². The predicted molar refractivity (Wildman–Crippen MR) is 116 cm³/mol. The van der Waals surface area contributed by atoms with E-state index in [-0.39, 0.29) is 11.3 Å². The van der Waals surface area contributed by atoms with Gasteiger partial charge in [-0.25, -0.2) is 5.43 Å². The lowest BCUT2D eigenvalue weighted by Gasteiger charge is -2.31. The molecule has 0 aromatic heterocycles. The summed E-state index contributed by atoms with van der Waals surface area (Å²) < 4.78 is 5.87. The Balaban J connectivity index is 1.28. The minimum Gasteiger partial charge on any atom is -0.489 e. The van der Waals surface area contributed by atoms with Crippen LogP contribution in [0.1, 0.15) is 55.1 Å². The summed E-state index contributed by atoms with van der Waals surface area (Å²) in [6.07, 6.45) is 6.48. The first-order chi connectivity index (χ1) is 13.9. The Morgan fingerprint density at radius 3 is 2.48 bits per heavy atom. The van der Waals surface area contributed by atoms with E-state index in [0.29, 0.717) is 24.0 Å². The van der Waals surface area contributed by atoms with Crippen molar-refractivity contribution in [2.24, 2.45) is 16.9 Å². The van der Waals surface area contributed by atoms with Crippen molar-refractivity contribution in [2.75, 3.05) is 0 Å². The Bertz CT molecular complexity index is 934. The topological polar surface area (TPSA) is 50.7 Å². The zero-order chi connectivity index (χ0) is 20.4. The van der Waals surface area contributed by atoms with Crippen molar-refractivity contribution in [3.05, 3.63) is 77.4 Å². The van der Waals surface area contributed by atoms with Crippen LogP contribution in [-0.2, 0) is 12.0 Å². The van der Waals surface area contributed by atoms with Gasteiger partial charge in [-0.1, -0.05) is 57.2 Å². The second-order valence-electron chi connectivity index (χ2n) is 8.94. The first kappa shape index (κ1) is 19.4. The maximum absolute atomic E-state index is 12.3. The van der Waals surface area contributed by atoms with Crippen LogP contribution in [0.4, 0.5) is 0 Å². The number of nitrogens with one attached hydrogen (secondary N) is 1. The van der Waals surface area contributed by atoms with Crippen LogP contribution in [0.3, 0.4) is 0 Å². The number of hydrogen-bond donors (Lipinski definition) is 1. The van der Waals surface area contributed by atoms with Gasteiger partial charge in [-0.2, -0.15) is 5.10 Å². The average molecular weight is 389 g/mol. The number of amides is 1. The largest absolute Gasteiger partial charge is 0.489 e. The Morgan fingerprint density at radius 2 is 1.83 bits per heavy atom. The average Bonchev–Trinajstić information content (AvgIpc) is 3.07. The van der Waals surface area contributed by atoms with Gasteiger partial charge in [0.05, 0.1) is 0 Å². The molecule has 1 saturated carbocycles. The van der Waals surface area contributed by atoms with Gasteiger partial charge in [0, 0.05) is 17.2 Å². The second-order valence-corrected chi connectivity index (χ2v) is 8.94. The highest BCUT2D eigenvalue weighted by Gasteiger charge is 2.38. The first-order valence-corrected chi connectivity index (χ1v) is 10.3. The third kappa shape index (κ3) is 4.42. The molecule has 0 radical (unpaired) electrons. The summed E-state index contributed by atoms with van der Waals surface area (Å²) in [5.41, 5.74) is 6.85. The zero-order valence-electron chi connectivity index (χ0n) is 17.3. The van der Waals surface area contributed by atoms with Gasteiger partial charge in [0.15, 0.2) is 0 Å². The number of rotatable bonds is 5. The van der Waals surface area contributed by atoms with Crippen LogP contribution in [0.2, 0.25) is 0 Å². The van der Waals surface area contributed by atoms with Crippen LogP contribution in [-0.4, -0.2) is 11.6 Å². The molecule has 4 heteroatoms. The summed E-state index contributed by atoms with van der Waals surface area (Å²) in [5, 5.41) is 4.32. The summed E-state index contributed by atoms with van der Waals surface area (Å²) >= 11 is 0. The molecule has 0 spiro atoms. The molecule has 0 unspecified atom stereocenters. The standard InChI is InChI=1S/C25H28N2O2/c1-25(2,3)20-11-13-21(14-12-20)29-16-17-7-9-18(10-8-17)24(28)27-26-23-15-19-5-4-6-22(19)23/h4-5,7-14,19,22H,6,15-16H2,1-3H3,(H,27,28)/b26-23-/t19-,22-/m0/s1. The molecular weight excluding hydrogens is 360 g/mol. The number of hydrogen-bond acceptors (Lipinski definition) is 3. The summed E-state index contributed by atoms with van der Waals surface area (Å²) in [6.45, 7) is 7.05. The quantitative estimate of drug-likeness (QED) is 0.562. The molecule has 0 heterocycles. The van der Waals surface area contributed by atoms with E-state index >= 15 is 0 Å². The Morgan fingerprint density at radius 1 is 1.10 bits per heavy atom. The molecule has 1 amide bonds. The summed E-state index contributed by atoms with van der Waals surface area (Å²) in [7, 11) is 0. The molecule has 0 aliphatic heterocycles. The Hall–Kier alpha value is -2.88. The van der Waals surface area contributed by atoms with Crippen molar-refractivity contribution in [3.8, 4) is 5.75 Å². The monoisotopic (exact) mass is 388 g/mol. The minimum atomic E-state index is -0.169. The fraction of sp³-hybridized carbons (Fsp3) is 0.360. The van der Waals surface area contributed by atoms with E-state index in [2.05, 4.69) is 55.6 Å². The van der Waals surface area contributed by atoms with Gasteiger partial charge < -0.3 is 4.74 Å². The van der Waals surface area contributed by atoms with Crippen molar-refractivity contribution in [1.29, 1.82) is 0 Å². The molecule has 0 bridgehead atoms. The van der Waals surface area contributed by atoms with Crippen molar-refractivity contribution < 1.29 is 9.53 Å². The number of nitrogens with zero attached hydrogens (tertiary/aromatic N) is 1. The lowest BCUT2D eigenvalue weighted by Crippen LogP contribution is -2.35. The predicted octanol–water partition coefficient (Wildman–Crippen LogP) is 5.24. The molecule has 29 heavy (non-hydrogen) atoms. The van der Waals surface area contributed by atoms with Crippen LogP contribution in [0.5, 0.6) is 5.75 Å². The van der Waals surface area contributed by atoms with Gasteiger partial charge in [-0.15, -0.1) is 0 Å². The molecule has 1 N–H and O–H groups in total. The SMILES string of the molecule is CC(C)(C)c1ccc(OCc2ccc(C(=O)N/N=C3/C[C@@H]4C=CC[C@H]34)cc2)cc1. The number of carbonyl (C=O) groups excluding carboxylic acids is 1. The van der Waals surface area contributed by atoms with Gasteiger partial charge in [0.2, 0.25) is 0 Å². The van der Waals surface area contributed by atoms with E-state index in [1.807, 2.05) is 36.4 Å². The lowest BCUT2D eigenvalue weighted by atomic mass is 9.74. The van der Waals surface area contributed by atoms with Crippen LogP contribution < -0.4 is 10.2 Å². The van der Waals surface area contributed by atoms with E-state index in [1.54, 1.807) is 0 Å². The summed E-state index contributed by atoms with van der Waals surface area (Å²) in [6, 6.07) is 15.7. The molecule has 2 aliphatic carbocycles. The third-order valence-electron chi connectivity index (χ3n) is 5.81. The summed E-state index contributed by atoms with van der Waals surface area (Å²) in [5.74, 6) is 1.81. The highest BCUT2D eigenvalue weighted by atomic mass is 16.5. The van der Waals surface area contributed by atoms with E-state index in [4.69, 9.17) is 4.74 Å². The number of fused-ring (bicyclic) bond motifs is 1. The number of hydrazone groups is 1.